The number of carbonyl (C=O) groups is 1. The van der Waals surface area contributed by atoms with Crippen molar-refractivity contribution in [2.24, 2.45) is 0 Å². The van der Waals surface area contributed by atoms with Gasteiger partial charge in [-0.2, -0.15) is 9.78 Å². The predicted molar refractivity (Wildman–Crippen MR) is 122 cm³/mol. The lowest BCUT2D eigenvalue weighted by Gasteiger charge is -2.07. The van der Waals surface area contributed by atoms with Crippen LogP contribution in [0, 0.1) is 20.8 Å². The lowest BCUT2D eigenvalue weighted by atomic mass is 10.1. The summed E-state index contributed by atoms with van der Waals surface area (Å²) < 4.78 is 2.83. The Labute approximate surface area is 178 Å². The zero-order chi connectivity index (χ0) is 20.5. The molecule has 2 aromatic heterocycles. The van der Waals surface area contributed by atoms with Gasteiger partial charge < -0.3 is 5.32 Å². The van der Waals surface area contributed by atoms with E-state index in [1.54, 1.807) is 27.8 Å². The minimum Gasteiger partial charge on any atom is -0.306 e. The van der Waals surface area contributed by atoms with Gasteiger partial charge in [0, 0.05) is 16.5 Å². The molecule has 0 aliphatic carbocycles. The number of thioether (sulfide) groups is 1. The Balaban J connectivity index is 1.65. The quantitative estimate of drug-likeness (QED) is 0.415. The SMILES string of the molecule is CCSc1ccc(C(=O)Nc2cc(C)nn2-c2nc3c(C)cc(C)cc3s2)cc1. The maximum absolute atomic E-state index is 12.8. The fourth-order valence-electron chi connectivity index (χ4n) is 3.24. The summed E-state index contributed by atoms with van der Waals surface area (Å²) in [6.07, 6.45) is 0. The van der Waals surface area contributed by atoms with E-state index in [-0.39, 0.29) is 5.91 Å². The Kier molecular flexibility index (Phi) is 5.43. The molecule has 0 aliphatic heterocycles. The lowest BCUT2D eigenvalue weighted by molar-refractivity contribution is 0.102. The number of nitrogens with one attached hydrogen (secondary N) is 1. The van der Waals surface area contributed by atoms with Gasteiger partial charge in [0.2, 0.25) is 5.13 Å². The number of hydrogen-bond acceptors (Lipinski definition) is 5. The topological polar surface area (TPSA) is 59.8 Å². The van der Waals surface area contributed by atoms with E-state index in [0.717, 1.165) is 37.3 Å². The van der Waals surface area contributed by atoms with Gasteiger partial charge in [0.25, 0.3) is 5.91 Å². The molecular formula is C22H22N4OS2. The van der Waals surface area contributed by atoms with Gasteiger partial charge in [-0.3, -0.25) is 4.79 Å². The van der Waals surface area contributed by atoms with Crippen LogP contribution in [0.25, 0.3) is 15.3 Å². The van der Waals surface area contributed by atoms with E-state index < -0.39 is 0 Å². The maximum Gasteiger partial charge on any atom is 0.256 e. The average Bonchev–Trinajstić information content (AvgIpc) is 3.26. The zero-order valence-electron chi connectivity index (χ0n) is 16.8. The molecule has 5 nitrogen and oxygen atoms in total. The van der Waals surface area contributed by atoms with Crippen molar-refractivity contribution >= 4 is 45.0 Å². The molecule has 148 valence electrons. The molecule has 1 N–H and O–H groups in total. The van der Waals surface area contributed by atoms with Crippen LogP contribution in [0.5, 0.6) is 0 Å². The van der Waals surface area contributed by atoms with Crippen LogP contribution in [0.3, 0.4) is 0 Å². The van der Waals surface area contributed by atoms with Crippen molar-refractivity contribution < 1.29 is 4.79 Å². The van der Waals surface area contributed by atoms with Crippen LogP contribution in [0.4, 0.5) is 5.82 Å². The molecule has 0 spiro atoms. The number of nitrogens with zero attached hydrogens (tertiary/aromatic N) is 3. The monoisotopic (exact) mass is 422 g/mol. The van der Waals surface area contributed by atoms with E-state index in [9.17, 15) is 4.79 Å². The third kappa shape index (κ3) is 4.06. The van der Waals surface area contributed by atoms with Gasteiger partial charge in [0.1, 0.15) is 5.82 Å². The van der Waals surface area contributed by atoms with E-state index in [0.29, 0.717) is 11.4 Å². The number of aryl methyl sites for hydroxylation is 3. The molecule has 0 unspecified atom stereocenters. The van der Waals surface area contributed by atoms with Crippen molar-refractivity contribution in [2.75, 3.05) is 11.1 Å². The summed E-state index contributed by atoms with van der Waals surface area (Å²) in [6.45, 7) is 8.17. The van der Waals surface area contributed by atoms with E-state index >= 15 is 0 Å². The van der Waals surface area contributed by atoms with Crippen molar-refractivity contribution in [3.8, 4) is 5.13 Å². The highest BCUT2D eigenvalue weighted by Crippen LogP contribution is 2.30. The molecule has 0 aliphatic rings. The number of carbonyl (C=O) groups excluding carboxylic acids is 1. The second-order valence-corrected chi connectivity index (χ2v) is 9.27. The Hall–Kier alpha value is -2.64. The van der Waals surface area contributed by atoms with Gasteiger partial charge >= 0.3 is 0 Å². The summed E-state index contributed by atoms with van der Waals surface area (Å²) in [5, 5.41) is 8.29. The molecule has 0 bridgehead atoms. The summed E-state index contributed by atoms with van der Waals surface area (Å²) in [6, 6.07) is 13.8. The molecule has 0 fully saturated rings. The molecule has 2 aromatic carbocycles. The number of anilines is 1. The van der Waals surface area contributed by atoms with Gasteiger partial charge in [0.05, 0.1) is 15.9 Å². The molecule has 29 heavy (non-hydrogen) atoms. The number of fused-ring (bicyclic) bond motifs is 1. The second-order valence-electron chi connectivity index (χ2n) is 6.92. The summed E-state index contributed by atoms with van der Waals surface area (Å²) >= 11 is 3.33. The van der Waals surface area contributed by atoms with Gasteiger partial charge in [-0.05, 0) is 68.0 Å². The number of benzene rings is 2. The van der Waals surface area contributed by atoms with E-state index in [2.05, 4.69) is 43.3 Å². The van der Waals surface area contributed by atoms with Crippen LogP contribution < -0.4 is 5.32 Å². The van der Waals surface area contributed by atoms with Gasteiger partial charge in [0.15, 0.2) is 0 Å². The predicted octanol–water partition coefficient (Wildman–Crippen LogP) is 5.77. The van der Waals surface area contributed by atoms with Crippen LogP contribution in [0.15, 0.2) is 47.4 Å². The summed E-state index contributed by atoms with van der Waals surface area (Å²) in [7, 11) is 0. The smallest absolute Gasteiger partial charge is 0.256 e. The second kappa shape index (κ2) is 8.00. The summed E-state index contributed by atoms with van der Waals surface area (Å²) in [5.74, 6) is 1.46. The molecular weight excluding hydrogens is 400 g/mol. The Morgan fingerprint density at radius 3 is 2.62 bits per heavy atom. The molecule has 0 atom stereocenters. The standard InChI is InChI=1S/C22H22N4OS2/c1-5-28-17-8-6-16(7-9-17)21(27)23-19-12-15(4)25-26(19)22-24-20-14(3)10-13(2)11-18(20)29-22/h6-12H,5H2,1-4H3,(H,23,27). The van der Waals surface area contributed by atoms with Crippen molar-refractivity contribution in [2.45, 2.75) is 32.6 Å². The number of thiazole rings is 1. The number of aromatic nitrogens is 3. The fourth-order valence-corrected chi connectivity index (χ4v) is 5.01. The van der Waals surface area contributed by atoms with Gasteiger partial charge in [-0.1, -0.05) is 24.3 Å². The highest BCUT2D eigenvalue weighted by atomic mass is 32.2. The third-order valence-electron chi connectivity index (χ3n) is 4.50. The normalized spacial score (nSPS) is 11.2. The first kappa shape index (κ1) is 19.7. The molecule has 4 rings (SSSR count). The molecule has 4 aromatic rings. The van der Waals surface area contributed by atoms with Crippen LogP contribution in [0.1, 0.15) is 34.1 Å². The summed E-state index contributed by atoms with van der Waals surface area (Å²) in [4.78, 5) is 18.7. The first-order valence-electron chi connectivity index (χ1n) is 9.43. The number of hydrogen-bond donors (Lipinski definition) is 1. The van der Waals surface area contributed by atoms with Gasteiger partial charge in [-0.15, -0.1) is 11.8 Å². The van der Waals surface area contributed by atoms with Gasteiger partial charge in [-0.25, -0.2) is 4.98 Å². The third-order valence-corrected chi connectivity index (χ3v) is 6.37. The van der Waals surface area contributed by atoms with Crippen LogP contribution in [-0.2, 0) is 0 Å². The first-order chi connectivity index (χ1) is 13.9. The molecule has 0 saturated heterocycles. The Bertz CT molecular complexity index is 1190. The van der Waals surface area contributed by atoms with Crippen molar-refractivity contribution in [3.63, 3.8) is 0 Å². The van der Waals surface area contributed by atoms with E-state index in [1.807, 2.05) is 37.3 Å². The highest BCUT2D eigenvalue weighted by molar-refractivity contribution is 7.99. The number of amides is 1. The Morgan fingerprint density at radius 2 is 1.90 bits per heavy atom. The Morgan fingerprint density at radius 1 is 1.14 bits per heavy atom. The van der Waals surface area contributed by atoms with Crippen LogP contribution in [-0.4, -0.2) is 26.4 Å². The summed E-state index contributed by atoms with van der Waals surface area (Å²) in [5.41, 5.74) is 4.76. The number of rotatable bonds is 5. The minimum absolute atomic E-state index is 0.160. The average molecular weight is 423 g/mol. The molecule has 1 amide bonds. The van der Waals surface area contributed by atoms with Crippen molar-refractivity contribution in [1.82, 2.24) is 14.8 Å². The van der Waals surface area contributed by atoms with E-state index in [4.69, 9.17) is 4.98 Å². The largest absolute Gasteiger partial charge is 0.306 e. The highest BCUT2D eigenvalue weighted by Gasteiger charge is 2.16. The van der Waals surface area contributed by atoms with Crippen molar-refractivity contribution in [3.05, 3.63) is 64.8 Å². The van der Waals surface area contributed by atoms with Crippen molar-refractivity contribution in [1.29, 1.82) is 0 Å². The molecule has 0 radical (unpaired) electrons. The van der Waals surface area contributed by atoms with Crippen LogP contribution in [0.2, 0.25) is 0 Å². The maximum atomic E-state index is 12.8. The molecule has 7 heteroatoms. The molecule has 2 heterocycles. The fraction of sp³-hybridized carbons (Fsp3) is 0.227. The minimum atomic E-state index is -0.160. The lowest BCUT2D eigenvalue weighted by Crippen LogP contribution is -2.15. The van der Waals surface area contributed by atoms with Crippen LogP contribution >= 0.6 is 23.1 Å². The zero-order valence-corrected chi connectivity index (χ0v) is 18.4. The van der Waals surface area contributed by atoms with E-state index in [1.165, 1.54) is 5.56 Å². The first-order valence-corrected chi connectivity index (χ1v) is 11.2. The molecule has 0 saturated carbocycles.